The van der Waals surface area contributed by atoms with Gasteiger partial charge in [0, 0.05) is 13.1 Å². The number of methoxy groups -OCH3 is 2. The van der Waals surface area contributed by atoms with E-state index in [2.05, 4.69) is 21.2 Å². The third-order valence-electron chi connectivity index (χ3n) is 2.81. The molecule has 2 rings (SSSR count). The van der Waals surface area contributed by atoms with E-state index in [9.17, 15) is 5.11 Å². The maximum absolute atomic E-state index is 10.2. The summed E-state index contributed by atoms with van der Waals surface area (Å²) in [5.74, 6) is 1.26. The van der Waals surface area contributed by atoms with E-state index in [4.69, 9.17) is 9.47 Å². The molecule has 88 valence electrons. The topological polar surface area (TPSA) is 50.7 Å². The molecule has 1 saturated heterocycles. The van der Waals surface area contributed by atoms with Crippen molar-refractivity contribution >= 4 is 15.9 Å². The second kappa shape index (κ2) is 4.24. The van der Waals surface area contributed by atoms with Crippen LogP contribution in [0.1, 0.15) is 5.56 Å². The van der Waals surface area contributed by atoms with Gasteiger partial charge in [-0.05, 0) is 33.6 Å². The number of nitrogens with one attached hydrogen (secondary N) is 1. The Morgan fingerprint density at radius 2 is 2.00 bits per heavy atom. The molecule has 2 N–H and O–H groups in total. The van der Waals surface area contributed by atoms with Crippen LogP contribution in [0.25, 0.3) is 0 Å². The first-order valence-corrected chi connectivity index (χ1v) is 5.75. The molecule has 1 aliphatic heterocycles. The normalized spacial score (nSPS) is 17.8. The Balaban J connectivity index is 2.45. The molecule has 1 fully saturated rings. The van der Waals surface area contributed by atoms with E-state index < -0.39 is 5.60 Å². The fourth-order valence-electron chi connectivity index (χ4n) is 1.75. The van der Waals surface area contributed by atoms with Gasteiger partial charge in [-0.3, -0.25) is 0 Å². The van der Waals surface area contributed by atoms with E-state index in [1.165, 1.54) is 0 Å². The van der Waals surface area contributed by atoms with Crippen molar-refractivity contribution in [2.24, 2.45) is 0 Å². The highest BCUT2D eigenvalue weighted by molar-refractivity contribution is 9.10. The molecular weight excluding hydrogens is 274 g/mol. The lowest BCUT2D eigenvalue weighted by molar-refractivity contribution is -0.0149. The highest BCUT2D eigenvalue weighted by Gasteiger charge is 2.37. The fraction of sp³-hybridized carbons (Fsp3) is 0.455. The Morgan fingerprint density at radius 1 is 1.31 bits per heavy atom. The highest BCUT2D eigenvalue weighted by Crippen LogP contribution is 2.39. The zero-order chi connectivity index (χ0) is 11.8. The molecule has 0 saturated carbocycles. The van der Waals surface area contributed by atoms with Crippen LogP contribution in [-0.2, 0) is 5.60 Å². The van der Waals surface area contributed by atoms with Crippen LogP contribution in [0.4, 0.5) is 0 Å². The largest absolute Gasteiger partial charge is 0.493 e. The summed E-state index contributed by atoms with van der Waals surface area (Å²) in [7, 11) is 3.17. The number of hydrogen-bond acceptors (Lipinski definition) is 4. The van der Waals surface area contributed by atoms with Gasteiger partial charge < -0.3 is 19.9 Å². The van der Waals surface area contributed by atoms with Crippen molar-refractivity contribution in [1.82, 2.24) is 5.32 Å². The number of rotatable bonds is 3. The van der Waals surface area contributed by atoms with Gasteiger partial charge in [0.25, 0.3) is 0 Å². The second-order valence-electron chi connectivity index (χ2n) is 3.83. The minimum Gasteiger partial charge on any atom is -0.493 e. The van der Waals surface area contributed by atoms with E-state index in [1.807, 2.05) is 12.1 Å². The molecule has 0 unspecified atom stereocenters. The Morgan fingerprint density at radius 3 is 2.44 bits per heavy atom. The first-order chi connectivity index (χ1) is 7.60. The van der Waals surface area contributed by atoms with Gasteiger partial charge in [0.15, 0.2) is 11.5 Å². The molecule has 4 nitrogen and oxygen atoms in total. The third kappa shape index (κ3) is 1.79. The SMILES string of the molecule is COc1cc(C2(O)CNC2)cc(Br)c1OC. The van der Waals surface area contributed by atoms with Crippen LogP contribution in [0.3, 0.4) is 0 Å². The van der Waals surface area contributed by atoms with Crippen LogP contribution >= 0.6 is 15.9 Å². The van der Waals surface area contributed by atoms with Gasteiger partial charge in [-0.2, -0.15) is 0 Å². The van der Waals surface area contributed by atoms with Crippen molar-refractivity contribution in [2.45, 2.75) is 5.60 Å². The number of ether oxygens (including phenoxy) is 2. The first kappa shape index (κ1) is 11.7. The van der Waals surface area contributed by atoms with Crippen molar-refractivity contribution < 1.29 is 14.6 Å². The molecule has 0 radical (unpaired) electrons. The Bertz CT molecular complexity index is 404. The number of benzene rings is 1. The summed E-state index contributed by atoms with van der Waals surface area (Å²) in [4.78, 5) is 0. The molecule has 1 aromatic rings. The van der Waals surface area contributed by atoms with E-state index in [0.717, 1.165) is 10.0 Å². The molecule has 0 aliphatic carbocycles. The van der Waals surface area contributed by atoms with E-state index >= 15 is 0 Å². The van der Waals surface area contributed by atoms with Crippen molar-refractivity contribution in [3.05, 3.63) is 22.2 Å². The van der Waals surface area contributed by atoms with Gasteiger partial charge in [0.1, 0.15) is 5.60 Å². The van der Waals surface area contributed by atoms with Crippen LogP contribution < -0.4 is 14.8 Å². The zero-order valence-electron chi connectivity index (χ0n) is 9.21. The number of β-amino-alcohol motifs (C(OH)–C–C–N with tert-alkyl or cyclic N) is 1. The molecule has 1 aliphatic rings. The predicted molar refractivity (Wildman–Crippen MR) is 64.0 cm³/mol. The second-order valence-corrected chi connectivity index (χ2v) is 4.68. The van der Waals surface area contributed by atoms with Gasteiger partial charge in [-0.1, -0.05) is 0 Å². The maximum atomic E-state index is 10.2. The summed E-state index contributed by atoms with van der Waals surface area (Å²) in [6.45, 7) is 1.13. The smallest absolute Gasteiger partial charge is 0.174 e. The molecule has 0 atom stereocenters. The van der Waals surface area contributed by atoms with E-state index in [0.29, 0.717) is 24.6 Å². The minimum absolute atomic E-state index is 0.564. The summed E-state index contributed by atoms with van der Waals surface area (Å²) in [5, 5.41) is 13.3. The summed E-state index contributed by atoms with van der Waals surface area (Å²) in [6.07, 6.45) is 0. The van der Waals surface area contributed by atoms with Gasteiger partial charge >= 0.3 is 0 Å². The average molecular weight is 288 g/mol. The standard InChI is InChI=1S/C11H14BrNO3/c1-15-9-4-7(11(14)5-13-6-11)3-8(12)10(9)16-2/h3-4,13-14H,5-6H2,1-2H3. The van der Waals surface area contributed by atoms with Crippen LogP contribution in [0, 0.1) is 0 Å². The molecule has 0 bridgehead atoms. The van der Waals surface area contributed by atoms with Crippen LogP contribution in [0.5, 0.6) is 11.5 Å². The Kier molecular flexibility index (Phi) is 3.10. The Hall–Kier alpha value is -0.780. The van der Waals surface area contributed by atoms with Crippen molar-refractivity contribution in [2.75, 3.05) is 27.3 Å². The van der Waals surface area contributed by atoms with Crippen molar-refractivity contribution in [3.8, 4) is 11.5 Å². The molecule has 5 heteroatoms. The minimum atomic E-state index is -0.790. The van der Waals surface area contributed by atoms with Crippen LogP contribution in [0.15, 0.2) is 16.6 Å². The molecule has 0 amide bonds. The van der Waals surface area contributed by atoms with Gasteiger partial charge in [-0.15, -0.1) is 0 Å². The monoisotopic (exact) mass is 287 g/mol. The predicted octanol–water partition coefficient (Wildman–Crippen LogP) is 1.26. The molecule has 1 heterocycles. The highest BCUT2D eigenvalue weighted by atomic mass is 79.9. The van der Waals surface area contributed by atoms with E-state index in [-0.39, 0.29) is 0 Å². The van der Waals surface area contributed by atoms with Crippen LogP contribution in [0.2, 0.25) is 0 Å². The zero-order valence-corrected chi connectivity index (χ0v) is 10.8. The van der Waals surface area contributed by atoms with Gasteiger partial charge in [0.05, 0.1) is 18.7 Å². The van der Waals surface area contributed by atoms with Crippen LogP contribution in [-0.4, -0.2) is 32.4 Å². The van der Waals surface area contributed by atoms with Gasteiger partial charge in [-0.25, -0.2) is 0 Å². The number of halogens is 1. The molecule has 1 aromatic carbocycles. The summed E-state index contributed by atoms with van der Waals surface area (Å²) < 4.78 is 11.2. The summed E-state index contributed by atoms with van der Waals surface area (Å²) in [5.41, 5.74) is 0.0398. The lowest BCUT2D eigenvalue weighted by Crippen LogP contribution is -2.56. The van der Waals surface area contributed by atoms with Crippen molar-refractivity contribution in [1.29, 1.82) is 0 Å². The summed E-state index contributed by atoms with van der Waals surface area (Å²) in [6, 6.07) is 3.67. The van der Waals surface area contributed by atoms with E-state index in [1.54, 1.807) is 14.2 Å². The number of aliphatic hydroxyl groups is 1. The lowest BCUT2D eigenvalue weighted by Gasteiger charge is -2.38. The molecule has 0 spiro atoms. The van der Waals surface area contributed by atoms with Gasteiger partial charge in [0.2, 0.25) is 0 Å². The first-order valence-electron chi connectivity index (χ1n) is 4.96. The Labute approximate surface area is 103 Å². The van der Waals surface area contributed by atoms with Crippen molar-refractivity contribution in [3.63, 3.8) is 0 Å². The third-order valence-corrected chi connectivity index (χ3v) is 3.39. The summed E-state index contributed by atoms with van der Waals surface area (Å²) >= 11 is 3.41. The number of hydrogen-bond donors (Lipinski definition) is 2. The molecule has 16 heavy (non-hydrogen) atoms. The average Bonchev–Trinajstić information content (AvgIpc) is 2.24. The quantitative estimate of drug-likeness (QED) is 0.879. The fourth-order valence-corrected chi connectivity index (χ4v) is 2.36. The molecule has 0 aromatic heterocycles. The lowest BCUT2D eigenvalue weighted by atomic mass is 9.88. The molecular formula is C11H14BrNO3. The maximum Gasteiger partial charge on any atom is 0.174 e.